The molecule has 0 heterocycles. The van der Waals surface area contributed by atoms with Crippen LogP contribution in [0.5, 0.6) is 0 Å². The summed E-state index contributed by atoms with van der Waals surface area (Å²) in [4.78, 5) is 2.60. The molecule has 0 saturated carbocycles. The largest absolute Gasteiger partial charge is 0.416 e. The highest BCUT2D eigenvalue weighted by Gasteiger charge is 2.35. The van der Waals surface area contributed by atoms with Crippen molar-refractivity contribution in [2.45, 2.75) is 120 Å². The third-order valence-electron chi connectivity index (χ3n) is 5.48. The van der Waals surface area contributed by atoms with Crippen LogP contribution in [0.3, 0.4) is 0 Å². The molecule has 0 spiro atoms. The summed E-state index contributed by atoms with van der Waals surface area (Å²) < 4.78 is 19.7. The minimum atomic E-state index is -1.15. The maximum Gasteiger partial charge on any atom is 0.171 e. The second-order valence-electron chi connectivity index (χ2n) is 13.3. The molecule has 0 rings (SSSR count). The van der Waals surface area contributed by atoms with Gasteiger partial charge in [0.15, 0.2) is 27.1 Å². The van der Waals surface area contributed by atoms with Gasteiger partial charge in [0.1, 0.15) is 0 Å². The van der Waals surface area contributed by atoms with Crippen molar-refractivity contribution in [2.75, 3.05) is 19.6 Å². The van der Waals surface area contributed by atoms with Crippen LogP contribution in [-0.4, -0.2) is 70.0 Å². The van der Waals surface area contributed by atoms with Crippen LogP contribution in [0.1, 0.15) is 62.3 Å². The Labute approximate surface area is 201 Å². The molecule has 0 aliphatic heterocycles. The second-order valence-corrected chi connectivity index (χ2v) is 20.4. The molecule has 0 saturated heterocycles. The number of nitrogens with zero attached hydrogens (tertiary/aromatic N) is 1. The minimum absolute atomic E-state index is 0.102. The van der Waals surface area contributed by atoms with Crippen LogP contribution in [0.25, 0.3) is 0 Å². The van der Waals surface area contributed by atoms with Crippen LogP contribution in [0.2, 0.25) is 39.3 Å². The van der Waals surface area contributed by atoms with Crippen molar-refractivity contribution in [3.05, 3.63) is 0 Å². The lowest BCUT2D eigenvalue weighted by Crippen LogP contribution is -2.52. The second kappa shape index (κ2) is 12.8. The first-order valence-electron chi connectivity index (χ1n) is 12.4. The summed E-state index contributed by atoms with van der Waals surface area (Å²) in [5.41, 5.74) is 0.307. The van der Waals surface area contributed by atoms with Gasteiger partial charge < -0.3 is 13.3 Å². The summed E-state index contributed by atoms with van der Waals surface area (Å²) in [5.74, 6) is 0. The highest BCUT2D eigenvalue weighted by atomic mass is 28.3. The summed E-state index contributed by atoms with van der Waals surface area (Å²) in [6.07, 6.45) is 0.647. The molecule has 7 heteroatoms. The van der Waals surface area contributed by atoms with Gasteiger partial charge in [-0.2, -0.15) is 0 Å². The predicted octanol–water partition coefficient (Wildman–Crippen LogP) is 5.53. The van der Waals surface area contributed by atoms with Gasteiger partial charge in [-0.1, -0.05) is 62.3 Å². The van der Waals surface area contributed by atoms with E-state index < -0.39 is 27.1 Å². The van der Waals surface area contributed by atoms with E-state index in [0.29, 0.717) is 0 Å². The molecule has 188 valence electrons. The molecule has 0 aliphatic rings. The summed E-state index contributed by atoms with van der Waals surface area (Å²) in [5, 5.41) is 0. The van der Waals surface area contributed by atoms with Gasteiger partial charge in [-0.05, 0) is 55.5 Å². The Bertz CT molecular complexity index is 422. The zero-order valence-electron chi connectivity index (χ0n) is 23.8. The van der Waals surface area contributed by atoms with Crippen LogP contribution < -0.4 is 0 Å². The van der Waals surface area contributed by atoms with Gasteiger partial charge in [-0.25, -0.2) is 0 Å². The molecule has 31 heavy (non-hydrogen) atoms. The lowest BCUT2D eigenvalue weighted by Gasteiger charge is -2.43. The van der Waals surface area contributed by atoms with Crippen molar-refractivity contribution >= 4 is 27.1 Å². The fourth-order valence-electron chi connectivity index (χ4n) is 3.48. The number of hydrogen-bond donors (Lipinski definition) is 0. The summed E-state index contributed by atoms with van der Waals surface area (Å²) in [6.45, 7) is 37.2. The topological polar surface area (TPSA) is 30.9 Å². The van der Waals surface area contributed by atoms with E-state index >= 15 is 0 Å². The van der Waals surface area contributed by atoms with Gasteiger partial charge in [0.25, 0.3) is 0 Å². The van der Waals surface area contributed by atoms with Crippen LogP contribution >= 0.6 is 0 Å². The average molecular weight is 492 g/mol. The van der Waals surface area contributed by atoms with E-state index in [1.165, 1.54) is 0 Å². The van der Waals surface area contributed by atoms with Crippen LogP contribution in [0, 0.1) is 16.2 Å². The Hall–Kier alpha value is 0.491. The Balaban J connectivity index is 5.96. The van der Waals surface area contributed by atoms with E-state index in [9.17, 15) is 0 Å². The van der Waals surface area contributed by atoms with Crippen LogP contribution in [0.15, 0.2) is 0 Å². The standard InChI is InChI=1S/C24H57NO3Si3/c1-22(2,3)19(26-29(10)11)16-25(17-20(23(4,5)6)27-30(12)13)18-21(24(7,8)9)28-31(14)15/h19-21,29-31H,16-18H2,1-15H3. The SMILES string of the molecule is C[SiH](C)OC(CN(CC(O[SiH](C)C)C(C)(C)C)CC(O[SiH](C)C)C(C)(C)C)C(C)(C)C. The van der Waals surface area contributed by atoms with Gasteiger partial charge in [-0.15, -0.1) is 0 Å². The smallest absolute Gasteiger partial charge is 0.171 e. The van der Waals surface area contributed by atoms with Crippen LogP contribution in [0.4, 0.5) is 0 Å². The first kappa shape index (κ1) is 31.5. The van der Waals surface area contributed by atoms with E-state index in [2.05, 4.69) is 106 Å². The molecular formula is C24H57NO3Si3. The molecular weight excluding hydrogens is 435 g/mol. The highest BCUT2D eigenvalue weighted by molar-refractivity contribution is 6.49. The van der Waals surface area contributed by atoms with Gasteiger partial charge in [-0.3, -0.25) is 4.90 Å². The number of rotatable bonds is 12. The fourth-order valence-corrected chi connectivity index (χ4v) is 6.93. The van der Waals surface area contributed by atoms with E-state index in [4.69, 9.17) is 13.3 Å². The van der Waals surface area contributed by atoms with Gasteiger partial charge >= 0.3 is 0 Å². The van der Waals surface area contributed by atoms with Crippen LogP contribution in [-0.2, 0) is 13.3 Å². The Morgan fingerprint density at radius 3 is 0.806 bits per heavy atom. The summed E-state index contributed by atoms with van der Waals surface area (Å²) in [6, 6.07) is 0. The van der Waals surface area contributed by atoms with Gasteiger partial charge in [0.05, 0.1) is 18.3 Å². The van der Waals surface area contributed by atoms with Crippen molar-refractivity contribution in [3.8, 4) is 0 Å². The molecule has 0 radical (unpaired) electrons. The van der Waals surface area contributed by atoms with Crippen molar-refractivity contribution in [2.24, 2.45) is 16.2 Å². The Morgan fingerprint density at radius 2 is 0.677 bits per heavy atom. The molecule has 0 bridgehead atoms. The number of hydrogen-bond acceptors (Lipinski definition) is 4. The molecule has 0 fully saturated rings. The molecule has 0 aromatic heterocycles. The molecule has 3 atom stereocenters. The molecule has 0 aromatic carbocycles. The third-order valence-corrected chi connectivity index (χ3v) is 8.10. The molecule has 0 aliphatic carbocycles. The molecule has 0 N–H and O–H groups in total. The first-order chi connectivity index (χ1) is 13.7. The first-order valence-corrected chi connectivity index (χ1v) is 20.8. The Morgan fingerprint density at radius 1 is 0.484 bits per heavy atom. The summed E-state index contributed by atoms with van der Waals surface area (Å²) in [7, 11) is -3.44. The highest BCUT2D eigenvalue weighted by Crippen LogP contribution is 2.30. The lowest BCUT2D eigenvalue weighted by atomic mass is 9.85. The zero-order chi connectivity index (χ0) is 24.8. The Kier molecular flexibility index (Phi) is 13.0. The van der Waals surface area contributed by atoms with Gasteiger partial charge in [0, 0.05) is 19.6 Å². The van der Waals surface area contributed by atoms with E-state index in [1.54, 1.807) is 0 Å². The predicted molar refractivity (Wildman–Crippen MR) is 146 cm³/mol. The fraction of sp³-hybridized carbons (Fsp3) is 1.00. The van der Waals surface area contributed by atoms with Crippen molar-refractivity contribution in [1.82, 2.24) is 4.90 Å². The summed E-state index contributed by atoms with van der Waals surface area (Å²) >= 11 is 0. The maximum absolute atomic E-state index is 6.57. The quantitative estimate of drug-likeness (QED) is 0.336. The van der Waals surface area contributed by atoms with E-state index in [1.807, 2.05) is 0 Å². The lowest BCUT2D eigenvalue weighted by molar-refractivity contribution is -0.0201. The monoisotopic (exact) mass is 491 g/mol. The van der Waals surface area contributed by atoms with Gasteiger partial charge in [0.2, 0.25) is 0 Å². The van der Waals surface area contributed by atoms with Crippen molar-refractivity contribution in [3.63, 3.8) is 0 Å². The maximum atomic E-state index is 6.57. The van der Waals surface area contributed by atoms with E-state index in [-0.39, 0.29) is 34.6 Å². The molecule has 0 amide bonds. The van der Waals surface area contributed by atoms with Crippen molar-refractivity contribution in [1.29, 1.82) is 0 Å². The molecule has 4 nitrogen and oxygen atoms in total. The normalized spacial score (nSPS) is 17.1. The third kappa shape index (κ3) is 13.7. The van der Waals surface area contributed by atoms with Crippen molar-refractivity contribution < 1.29 is 13.3 Å². The average Bonchev–Trinajstić information content (AvgIpc) is 2.48. The molecule has 3 unspecified atom stereocenters. The van der Waals surface area contributed by atoms with E-state index in [0.717, 1.165) is 19.6 Å². The zero-order valence-corrected chi connectivity index (χ0v) is 27.2. The minimum Gasteiger partial charge on any atom is -0.416 e. The molecule has 0 aromatic rings.